The average Bonchev–Trinajstić information content (AvgIpc) is 2.88. The van der Waals surface area contributed by atoms with Crippen LogP contribution in [-0.4, -0.2) is 53.6 Å². The third kappa shape index (κ3) is 3.36. The number of hydrogen-bond acceptors (Lipinski definition) is 6. The van der Waals surface area contributed by atoms with E-state index < -0.39 is 21.2 Å². The second-order valence-electron chi connectivity index (χ2n) is 4.56. The first-order valence-electron chi connectivity index (χ1n) is 6.28. The predicted octanol–water partition coefficient (Wildman–Crippen LogP) is 1.29. The van der Waals surface area contributed by atoms with E-state index in [9.17, 15) is 13.2 Å². The number of rotatable bonds is 5. The molecule has 0 spiro atoms. The van der Waals surface area contributed by atoms with Crippen LogP contribution in [0.4, 0.5) is 0 Å². The van der Waals surface area contributed by atoms with Crippen LogP contribution in [0.25, 0.3) is 0 Å². The molecule has 0 aliphatic carbocycles. The van der Waals surface area contributed by atoms with Gasteiger partial charge in [-0.1, -0.05) is 6.92 Å². The molecule has 1 fully saturated rings. The molecule has 1 aromatic heterocycles. The highest BCUT2D eigenvalue weighted by Gasteiger charge is 2.33. The van der Waals surface area contributed by atoms with Crippen molar-refractivity contribution in [1.29, 1.82) is 0 Å². The van der Waals surface area contributed by atoms with Crippen molar-refractivity contribution in [3.8, 4) is 0 Å². The molecule has 1 aromatic rings. The van der Waals surface area contributed by atoms with Gasteiger partial charge in [-0.25, -0.2) is 13.2 Å². The molecular weight excluding hydrogens is 302 g/mol. The van der Waals surface area contributed by atoms with Crippen molar-refractivity contribution in [3.05, 3.63) is 23.7 Å². The van der Waals surface area contributed by atoms with E-state index in [2.05, 4.69) is 0 Å². The average molecular weight is 319 g/mol. The molecule has 0 amide bonds. The topological polar surface area (TPSA) is 87.8 Å². The number of hydrogen-bond donors (Lipinski definition) is 1. The van der Waals surface area contributed by atoms with Crippen LogP contribution in [0, 0.1) is 0 Å². The maximum absolute atomic E-state index is 12.1. The van der Waals surface area contributed by atoms with Crippen molar-refractivity contribution >= 4 is 27.6 Å². The summed E-state index contributed by atoms with van der Waals surface area (Å²) in [6.45, 7) is 2.61. The van der Waals surface area contributed by atoms with Crippen molar-refractivity contribution in [3.63, 3.8) is 0 Å². The summed E-state index contributed by atoms with van der Waals surface area (Å²) in [4.78, 5) is 12.7. The quantitative estimate of drug-likeness (QED) is 0.874. The predicted molar refractivity (Wildman–Crippen MR) is 76.7 cm³/mol. The molecule has 1 aliphatic heterocycles. The number of thioether (sulfide) groups is 1. The van der Waals surface area contributed by atoms with Crippen molar-refractivity contribution in [1.82, 2.24) is 4.90 Å². The van der Waals surface area contributed by atoms with Gasteiger partial charge in [-0.15, -0.1) is 0 Å². The Bertz CT molecular complexity index is 580. The van der Waals surface area contributed by atoms with E-state index in [1.807, 2.05) is 4.90 Å². The molecule has 1 saturated heterocycles. The van der Waals surface area contributed by atoms with Gasteiger partial charge in [0.2, 0.25) is 0 Å². The highest BCUT2D eigenvalue weighted by atomic mass is 32.2. The minimum Gasteiger partial charge on any atom is -0.478 e. The summed E-state index contributed by atoms with van der Waals surface area (Å²) < 4.78 is 29.4. The Morgan fingerprint density at radius 1 is 1.60 bits per heavy atom. The lowest BCUT2D eigenvalue weighted by Gasteiger charge is -2.33. The summed E-state index contributed by atoms with van der Waals surface area (Å²) in [7, 11) is -3.15. The number of carbonyl (C=O) groups is 1. The Balaban J connectivity index is 2.14. The second-order valence-corrected chi connectivity index (χ2v) is 8.16. The van der Waals surface area contributed by atoms with Gasteiger partial charge in [0.1, 0.15) is 17.4 Å². The molecule has 0 saturated carbocycles. The van der Waals surface area contributed by atoms with Crippen molar-refractivity contribution in [2.75, 3.05) is 23.8 Å². The van der Waals surface area contributed by atoms with Gasteiger partial charge in [0.05, 0.1) is 12.1 Å². The first-order chi connectivity index (χ1) is 9.44. The first-order valence-corrected chi connectivity index (χ1v) is 9.15. The molecule has 112 valence electrons. The second kappa shape index (κ2) is 6.19. The number of carboxylic acids is 1. The molecule has 0 aromatic carbocycles. The Morgan fingerprint density at radius 2 is 2.35 bits per heavy atom. The van der Waals surface area contributed by atoms with E-state index in [-0.39, 0.29) is 11.3 Å². The van der Waals surface area contributed by atoms with Crippen molar-refractivity contribution in [2.24, 2.45) is 0 Å². The summed E-state index contributed by atoms with van der Waals surface area (Å²) >= 11 is 1.62. The van der Waals surface area contributed by atoms with Crippen molar-refractivity contribution in [2.45, 2.75) is 18.8 Å². The van der Waals surface area contributed by atoms with Crippen LogP contribution in [-0.2, 0) is 16.4 Å². The fraction of sp³-hybridized carbons (Fsp3) is 0.583. The lowest BCUT2D eigenvalue weighted by molar-refractivity contribution is 0.0696. The zero-order valence-corrected chi connectivity index (χ0v) is 12.7. The normalized spacial score (nSPS) is 20.9. The largest absolute Gasteiger partial charge is 0.478 e. The molecule has 6 nitrogen and oxygen atoms in total. The fourth-order valence-electron chi connectivity index (χ4n) is 2.10. The molecule has 2 rings (SSSR count). The Hall–Kier alpha value is -0.990. The molecule has 8 heteroatoms. The maximum Gasteiger partial charge on any atom is 0.338 e. The van der Waals surface area contributed by atoms with Gasteiger partial charge in [-0.2, -0.15) is 11.8 Å². The lowest BCUT2D eigenvalue weighted by Crippen LogP contribution is -2.47. The number of sulfone groups is 1. The van der Waals surface area contributed by atoms with Crippen LogP contribution in [0.15, 0.2) is 16.7 Å². The third-order valence-electron chi connectivity index (χ3n) is 3.27. The molecule has 0 bridgehead atoms. The summed E-state index contributed by atoms with van der Waals surface area (Å²) in [5, 5.41) is 8.33. The van der Waals surface area contributed by atoms with E-state index in [1.54, 1.807) is 18.7 Å². The van der Waals surface area contributed by atoms with Gasteiger partial charge in [0.25, 0.3) is 0 Å². The summed E-state index contributed by atoms with van der Waals surface area (Å²) in [5.41, 5.74) is 0.0845. The molecule has 1 aliphatic rings. The lowest BCUT2D eigenvalue weighted by atomic mass is 10.3. The number of aromatic carboxylic acids is 1. The van der Waals surface area contributed by atoms with E-state index in [0.717, 1.165) is 5.75 Å². The van der Waals surface area contributed by atoms with Crippen LogP contribution in [0.1, 0.15) is 23.0 Å². The smallest absolute Gasteiger partial charge is 0.338 e. The fourth-order valence-corrected chi connectivity index (χ4v) is 5.18. The Labute approximate surface area is 122 Å². The highest BCUT2D eigenvalue weighted by Crippen LogP contribution is 2.24. The summed E-state index contributed by atoms with van der Waals surface area (Å²) in [6, 6.07) is 1.44. The zero-order chi connectivity index (χ0) is 14.8. The molecule has 1 atom stereocenters. The minimum atomic E-state index is -3.15. The number of carboxylic acid groups (broad SMARTS) is 1. The summed E-state index contributed by atoms with van der Waals surface area (Å²) in [5.74, 6) is 0.940. The Morgan fingerprint density at radius 3 is 2.95 bits per heavy atom. The highest BCUT2D eigenvalue weighted by molar-refractivity contribution is 8.01. The van der Waals surface area contributed by atoms with Gasteiger partial charge in [-0.05, 0) is 6.07 Å². The molecule has 2 heterocycles. The van der Waals surface area contributed by atoms with Gasteiger partial charge in [0, 0.05) is 23.8 Å². The minimum absolute atomic E-state index is 0.0845. The monoisotopic (exact) mass is 319 g/mol. The van der Waals surface area contributed by atoms with Crippen LogP contribution >= 0.6 is 11.8 Å². The van der Waals surface area contributed by atoms with Gasteiger partial charge in [-0.3, -0.25) is 4.90 Å². The number of nitrogens with zero attached hydrogens (tertiary/aromatic N) is 1. The van der Waals surface area contributed by atoms with Gasteiger partial charge in [0.15, 0.2) is 9.84 Å². The molecule has 0 radical (unpaired) electrons. The van der Waals surface area contributed by atoms with E-state index in [0.29, 0.717) is 24.6 Å². The van der Waals surface area contributed by atoms with Crippen LogP contribution < -0.4 is 0 Å². The SMILES string of the molecule is CCS(=O)(=O)C1CSCCN1Cc1cc(C(=O)O)co1. The molecular formula is C12H17NO5S2. The van der Waals surface area contributed by atoms with Crippen LogP contribution in [0.2, 0.25) is 0 Å². The zero-order valence-electron chi connectivity index (χ0n) is 11.1. The van der Waals surface area contributed by atoms with E-state index in [1.165, 1.54) is 12.3 Å². The maximum atomic E-state index is 12.1. The van der Waals surface area contributed by atoms with Gasteiger partial charge < -0.3 is 9.52 Å². The summed E-state index contributed by atoms with van der Waals surface area (Å²) in [6.07, 6.45) is 1.18. The Kier molecular flexibility index (Phi) is 4.77. The first kappa shape index (κ1) is 15.4. The molecule has 1 N–H and O–H groups in total. The van der Waals surface area contributed by atoms with Gasteiger partial charge >= 0.3 is 5.97 Å². The molecule has 20 heavy (non-hydrogen) atoms. The van der Waals surface area contributed by atoms with Crippen LogP contribution in [0.5, 0.6) is 0 Å². The third-order valence-corrected chi connectivity index (χ3v) is 6.60. The van der Waals surface area contributed by atoms with Crippen molar-refractivity contribution < 1.29 is 22.7 Å². The van der Waals surface area contributed by atoms with E-state index in [4.69, 9.17) is 9.52 Å². The standard InChI is InChI=1S/C12H17NO5S2/c1-2-20(16,17)11-8-19-4-3-13(11)6-10-5-9(7-18-10)12(14)15/h5,7,11H,2-4,6,8H2,1H3,(H,14,15). The number of furan rings is 1. The van der Waals surface area contributed by atoms with Crippen LogP contribution in [0.3, 0.4) is 0 Å². The van der Waals surface area contributed by atoms with E-state index >= 15 is 0 Å². The molecule has 1 unspecified atom stereocenters.